The fourth-order valence-electron chi connectivity index (χ4n) is 3.45. The summed E-state index contributed by atoms with van der Waals surface area (Å²) in [5.74, 6) is 1.03. The Morgan fingerprint density at radius 2 is 1.67 bits per heavy atom. The monoisotopic (exact) mass is 440 g/mol. The highest BCUT2D eigenvalue weighted by atomic mass is 16.5. The topological polar surface area (TPSA) is 69.0 Å². The van der Waals surface area contributed by atoms with Crippen LogP contribution < -0.4 is 10.1 Å². The molecule has 0 fully saturated rings. The van der Waals surface area contributed by atoms with Crippen molar-refractivity contribution in [2.75, 3.05) is 11.9 Å². The molecule has 168 valence electrons. The maximum absolute atomic E-state index is 12.4. The van der Waals surface area contributed by atoms with Gasteiger partial charge >= 0.3 is 6.01 Å². The van der Waals surface area contributed by atoms with Gasteiger partial charge < -0.3 is 10.1 Å². The zero-order valence-corrected chi connectivity index (χ0v) is 19.2. The van der Waals surface area contributed by atoms with Crippen LogP contribution in [0.25, 0.3) is 17.1 Å². The van der Waals surface area contributed by atoms with E-state index in [9.17, 15) is 4.79 Å². The maximum Gasteiger partial charge on any atom is 0.336 e. The summed E-state index contributed by atoms with van der Waals surface area (Å²) in [7, 11) is 0. The van der Waals surface area contributed by atoms with Gasteiger partial charge in [-0.2, -0.15) is 4.98 Å². The molecule has 0 aliphatic carbocycles. The van der Waals surface area contributed by atoms with Crippen molar-refractivity contribution in [2.45, 2.75) is 27.2 Å². The molecule has 0 radical (unpaired) electrons. The van der Waals surface area contributed by atoms with Gasteiger partial charge in [-0.1, -0.05) is 68.4 Å². The molecule has 0 unspecified atom stereocenters. The molecule has 6 nitrogen and oxygen atoms in total. The van der Waals surface area contributed by atoms with Crippen molar-refractivity contribution in [1.29, 1.82) is 0 Å². The first kappa shape index (κ1) is 22.3. The molecule has 0 atom stereocenters. The molecule has 0 saturated carbocycles. The molecule has 0 spiro atoms. The molecule has 4 rings (SSSR count). The largest absolute Gasteiger partial charge is 0.462 e. The summed E-state index contributed by atoms with van der Waals surface area (Å²) in [4.78, 5) is 17.1. The predicted molar refractivity (Wildman–Crippen MR) is 131 cm³/mol. The summed E-state index contributed by atoms with van der Waals surface area (Å²) in [6.07, 6.45) is 0.333. The lowest BCUT2D eigenvalue weighted by molar-refractivity contribution is -0.115. The number of aromatic nitrogens is 3. The first-order valence-electron chi connectivity index (χ1n) is 11.1. The Labute approximate surface area is 194 Å². The SMILES string of the molecule is Cc1ccccc1-c1nc(OCC(C)C)nn1-c1ccc(NC(=O)Cc2ccccc2)cc1. The molecule has 1 aromatic heterocycles. The number of aryl methyl sites for hydroxylation is 1. The molecule has 1 heterocycles. The van der Waals surface area contributed by atoms with E-state index < -0.39 is 0 Å². The van der Waals surface area contributed by atoms with Gasteiger partial charge in [-0.25, -0.2) is 4.68 Å². The summed E-state index contributed by atoms with van der Waals surface area (Å²) in [6, 6.07) is 25.7. The van der Waals surface area contributed by atoms with Crippen LogP contribution in [0, 0.1) is 12.8 Å². The fraction of sp³-hybridized carbons (Fsp3) is 0.222. The van der Waals surface area contributed by atoms with Gasteiger partial charge in [0, 0.05) is 11.3 Å². The minimum absolute atomic E-state index is 0.0559. The molecule has 1 amide bonds. The number of rotatable bonds is 8. The number of nitrogens with one attached hydrogen (secondary N) is 1. The minimum atomic E-state index is -0.0559. The van der Waals surface area contributed by atoms with Crippen LogP contribution in [0.4, 0.5) is 5.69 Å². The van der Waals surface area contributed by atoms with E-state index in [1.54, 1.807) is 4.68 Å². The van der Waals surface area contributed by atoms with Gasteiger partial charge in [0.2, 0.25) is 5.91 Å². The average molecular weight is 441 g/mol. The Hall–Kier alpha value is -3.93. The van der Waals surface area contributed by atoms with Gasteiger partial charge in [0.25, 0.3) is 0 Å². The van der Waals surface area contributed by atoms with Crippen LogP contribution >= 0.6 is 0 Å². The van der Waals surface area contributed by atoms with Crippen LogP contribution in [-0.2, 0) is 11.2 Å². The summed E-state index contributed by atoms with van der Waals surface area (Å²) in [5.41, 5.74) is 4.64. The Balaban J connectivity index is 1.57. The van der Waals surface area contributed by atoms with E-state index in [-0.39, 0.29) is 5.91 Å². The van der Waals surface area contributed by atoms with E-state index in [1.165, 1.54) is 0 Å². The molecule has 0 bridgehead atoms. The summed E-state index contributed by atoms with van der Waals surface area (Å²) >= 11 is 0. The standard InChI is InChI=1S/C27H28N4O2/c1-19(2)18-33-27-29-26(24-12-8-7-9-20(24)3)31(30-27)23-15-13-22(14-16-23)28-25(32)17-21-10-5-4-6-11-21/h4-16,19H,17-18H2,1-3H3,(H,28,32). The van der Waals surface area contributed by atoms with Crippen molar-refractivity contribution in [3.63, 3.8) is 0 Å². The molecule has 3 aromatic carbocycles. The molecular formula is C27H28N4O2. The van der Waals surface area contributed by atoms with Gasteiger partial charge in [0.1, 0.15) is 0 Å². The first-order chi connectivity index (χ1) is 16.0. The first-order valence-corrected chi connectivity index (χ1v) is 11.1. The number of carbonyl (C=O) groups is 1. The average Bonchev–Trinajstić information content (AvgIpc) is 3.23. The number of benzene rings is 3. The van der Waals surface area contributed by atoms with Crippen molar-refractivity contribution < 1.29 is 9.53 Å². The van der Waals surface area contributed by atoms with Gasteiger partial charge in [-0.15, -0.1) is 5.10 Å². The summed E-state index contributed by atoms with van der Waals surface area (Å²) < 4.78 is 7.59. The molecule has 0 aliphatic rings. The zero-order chi connectivity index (χ0) is 23.2. The lowest BCUT2D eigenvalue weighted by Crippen LogP contribution is -2.14. The van der Waals surface area contributed by atoms with E-state index in [4.69, 9.17) is 4.74 Å². The van der Waals surface area contributed by atoms with E-state index in [2.05, 4.69) is 29.2 Å². The quantitative estimate of drug-likeness (QED) is 0.395. The molecular weight excluding hydrogens is 412 g/mol. The number of hydrogen-bond donors (Lipinski definition) is 1. The molecule has 6 heteroatoms. The number of amides is 1. The van der Waals surface area contributed by atoms with E-state index >= 15 is 0 Å². The van der Waals surface area contributed by atoms with Gasteiger partial charge in [-0.3, -0.25) is 4.79 Å². The van der Waals surface area contributed by atoms with Crippen LogP contribution in [0.2, 0.25) is 0 Å². The predicted octanol–water partition coefficient (Wildman–Crippen LogP) is 5.46. The Morgan fingerprint density at radius 3 is 2.36 bits per heavy atom. The smallest absolute Gasteiger partial charge is 0.336 e. The second-order valence-corrected chi connectivity index (χ2v) is 8.41. The van der Waals surface area contributed by atoms with Gasteiger partial charge in [-0.05, 0) is 48.2 Å². The molecule has 0 saturated heterocycles. The molecule has 33 heavy (non-hydrogen) atoms. The lowest BCUT2D eigenvalue weighted by Gasteiger charge is -2.10. The second kappa shape index (κ2) is 10.1. The number of hydrogen-bond acceptors (Lipinski definition) is 4. The van der Waals surface area contributed by atoms with Crippen molar-refractivity contribution in [3.05, 3.63) is 90.0 Å². The van der Waals surface area contributed by atoms with Crippen molar-refractivity contribution in [2.24, 2.45) is 5.92 Å². The highest BCUT2D eigenvalue weighted by Crippen LogP contribution is 2.27. The third kappa shape index (κ3) is 5.66. The van der Waals surface area contributed by atoms with E-state index in [1.807, 2.05) is 85.8 Å². The Morgan fingerprint density at radius 1 is 0.970 bits per heavy atom. The highest BCUT2D eigenvalue weighted by molar-refractivity contribution is 5.92. The van der Waals surface area contributed by atoms with Crippen LogP contribution in [0.15, 0.2) is 78.9 Å². The zero-order valence-electron chi connectivity index (χ0n) is 19.2. The number of nitrogens with zero attached hydrogens (tertiary/aromatic N) is 3. The normalized spacial score (nSPS) is 10.9. The number of carbonyl (C=O) groups excluding carboxylic acids is 1. The Kier molecular flexibility index (Phi) is 6.83. The third-order valence-electron chi connectivity index (χ3n) is 5.12. The third-order valence-corrected chi connectivity index (χ3v) is 5.12. The summed E-state index contributed by atoms with van der Waals surface area (Å²) in [5, 5.41) is 7.57. The Bertz CT molecular complexity index is 1210. The lowest BCUT2D eigenvalue weighted by atomic mass is 10.1. The van der Waals surface area contributed by atoms with Crippen molar-refractivity contribution in [3.8, 4) is 23.1 Å². The fourth-order valence-corrected chi connectivity index (χ4v) is 3.45. The highest BCUT2D eigenvalue weighted by Gasteiger charge is 2.17. The van der Waals surface area contributed by atoms with Crippen LogP contribution in [0.1, 0.15) is 25.0 Å². The van der Waals surface area contributed by atoms with Crippen LogP contribution in [0.5, 0.6) is 6.01 Å². The number of ether oxygens (including phenoxy) is 1. The van der Waals surface area contributed by atoms with Crippen molar-refractivity contribution in [1.82, 2.24) is 14.8 Å². The van der Waals surface area contributed by atoms with Crippen LogP contribution in [-0.4, -0.2) is 27.3 Å². The molecule has 1 N–H and O–H groups in total. The van der Waals surface area contributed by atoms with Crippen molar-refractivity contribution >= 4 is 11.6 Å². The van der Waals surface area contributed by atoms with Gasteiger partial charge in [0.15, 0.2) is 5.82 Å². The molecule has 4 aromatic rings. The summed E-state index contributed by atoms with van der Waals surface area (Å²) in [6.45, 7) is 6.77. The van der Waals surface area contributed by atoms with Crippen LogP contribution in [0.3, 0.4) is 0 Å². The number of anilines is 1. The second-order valence-electron chi connectivity index (χ2n) is 8.41. The van der Waals surface area contributed by atoms with Gasteiger partial charge in [0.05, 0.1) is 18.7 Å². The van der Waals surface area contributed by atoms with E-state index in [0.717, 1.165) is 28.1 Å². The molecule has 0 aliphatic heterocycles. The maximum atomic E-state index is 12.4. The minimum Gasteiger partial charge on any atom is -0.462 e. The van der Waals surface area contributed by atoms with E-state index in [0.29, 0.717) is 30.8 Å².